The maximum Gasteiger partial charge on any atom is 0.335 e. The fourth-order valence-corrected chi connectivity index (χ4v) is 3.85. The fourth-order valence-electron chi connectivity index (χ4n) is 3.10. The van der Waals surface area contributed by atoms with E-state index in [4.69, 9.17) is 9.84 Å². The zero-order valence-corrected chi connectivity index (χ0v) is 16.7. The predicted octanol–water partition coefficient (Wildman–Crippen LogP) is 3.23. The van der Waals surface area contributed by atoms with Crippen LogP contribution in [0.1, 0.15) is 37.7 Å². The number of nitrogens with zero attached hydrogens (tertiary/aromatic N) is 2. The number of aromatic nitrogens is 2. The van der Waals surface area contributed by atoms with Gasteiger partial charge in [0.05, 0.1) is 18.2 Å². The van der Waals surface area contributed by atoms with Gasteiger partial charge < -0.3 is 15.2 Å². The predicted molar refractivity (Wildman–Crippen MR) is 107 cm³/mol. The quantitative estimate of drug-likeness (QED) is 0.636. The second-order valence-corrected chi connectivity index (χ2v) is 7.15. The largest absolute Gasteiger partial charge is 0.496 e. The molecule has 146 valence electrons. The van der Waals surface area contributed by atoms with Gasteiger partial charge in [-0.15, -0.1) is 11.3 Å². The molecule has 0 aliphatic carbocycles. The zero-order valence-electron chi connectivity index (χ0n) is 15.9. The highest BCUT2D eigenvalue weighted by Crippen LogP contribution is 2.23. The minimum Gasteiger partial charge on any atom is -0.496 e. The van der Waals surface area contributed by atoms with Crippen molar-refractivity contribution >= 4 is 23.2 Å². The van der Waals surface area contributed by atoms with Crippen molar-refractivity contribution in [2.45, 2.75) is 20.3 Å². The van der Waals surface area contributed by atoms with Crippen LogP contribution in [0.4, 0.5) is 0 Å². The summed E-state index contributed by atoms with van der Waals surface area (Å²) in [6.07, 6.45) is 2.27. The van der Waals surface area contributed by atoms with Crippen LogP contribution in [0.25, 0.3) is 5.13 Å². The third-order valence-electron chi connectivity index (χ3n) is 4.50. The van der Waals surface area contributed by atoms with E-state index in [1.807, 2.05) is 29.9 Å². The van der Waals surface area contributed by atoms with Crippen LogP contribution in [-0.2, 0) is 6.42 Å². The average molecular weight is 399 g/mol. The van der Waals surface area contributed by atoms with Gasteiger partial charge in [0.1, 0.15) is 5.75 Å². The van der Waals surface area contributed by atoms with E-state index in [1.165, 1.54) is 30.6 Å². The Morgan fingerprint density at radius 3 is 2.71 bits per heavy atom. The molecule has 0 spiro atoms. The van der Waals surface area contributed by atoms with E-state index in [-0.39, 0.29) is 11.5 Å². The molecule has 0 saturated heterocycles. The van der Waals surface area contributed by atoms with E-state index in [9.17, 15) is 9.59 Å². The first kappa shape index (κ1) is 19.6. The average Bonchev–Trinajstić information content (AvgIpc) is 3.29. The molecule has 0 aliphatic rings. The van der Waals surface area contributed by atoms with Crippen LogP contribution in [0.3, 0.4) is 0 Å². The van der Waals surface area contributed by atoms with Crippen LogP contribution in [0, 0.1) is 13.8 Å². The summed E-state index contributed by atoms with van der Waals surface area (Å²) in [6.45, 7) is 4.25. The highest BCUT2D eigenvalue weighted by molar-refractivity contribution is 7.12. The van der Waals surface area contributed by atoms with Crippen molar-refractivity contribution in [1.82, 2.24) is 14.9 Å². The molecular weight excluding hydrogens is 378 g/mol. The maximum atomic E-state index is 12.6. The molecule has 3 aromatic rings. The van der Waals surface area contributed by atoms with E-state index in [1.54, 1.807) is 12.3 Å². The molecule has 0 saturated carbocycles. The molecule has 3 rings (SSSR count). The Hall–Kier alpha value is -3.13. The number of nitrogens with one attached hydrogen (secondary N) is 1. The second kappa shape index (κ2) is 8.26. The fraction of sp³-hybridized carbons (Fsp3) is 0.250. The summed E-state index contributed by atoms with van der Waals surface area (Å²) in [5, 5.41) is 14.7. The summed E-state index contributed by atoms with van der Waals surface area (Å²) >= 11 is 1.52. The summed E-state index contributed by atoms with van der Waals surface area (Å²) < 4.78 is 7.24. The number of aryl methyl sites for hydroxylation is 1. The lowest BCUT2D eigenvalue weighted by Crippen LogP contribution is -2.26. The summed E-state index contributed by atoms with van der Waals surface area (Å²) in [4.78, 5) is 28.0. The highest BCUT2D eigenvalue weighted by Gasteiger charge is 2.17. The number of carboxylic acid groups (broad SMARTS) is 1. The second-order valence-electron chi connectivity index (χ2n) is 6.27. The molecular formula is C20H21N3O4S. The Labute approximate surface area is 166 Å². The van der Waals surface area contributed by atoms with Gasteiger partial charge >= 0.3 is 5.97 Å². The molecule has 0 bridgehead atoms. The lowest BCUT2D eigenvalue weighted by atomic mass is 10.1. The number of hydrogen-bond donors (Lipinski definition) is 2. The number of carboxylic acids is 1. The maximum absolute atomic E-state index is 12.6. The zero-order chi connectivity index (χ0) is 20.3. The van der Waals surface area contributed by atoms with Gasteiger partial charge in [-0.3, -0.25) is 9.36 Å². The lowest BCUT2D eigenvalue weighted by Gasteiger charge is -2.10. The van der Waals surface area contributed by atoms with Gasteiger partial charge in [0.25, 0.3) is 5.91 Å². The molecule has 0 aliphatic heterocycles. The van der Waals surface area contributed by atoms with Crippen molar-refractivity contribution in [3.63, 3.8) is 0 Å². The van der Waals surface area contributed by atoms with Crippen molar-refractivity contribution < 1.29 is 19.4 Å². The number of carbonyl (C=O) groups is 2. The summed E-state index contributed by atoms with van der Waals surface area (Å²) in [6, 6.07) is 6.59. The van der Waals surface area contributed by atoms with Crippen LogP contribution < -0.4 is 10.1 Å². The van der Waals surface area contributed by atoms with Gasteiger partial charge in [0.2, 0.25) is 0 Å². The van der Waals surface area contributed by atoms with Crippen LogP contribution in [0.2, 0.25) is 0 Å². The first-order chi connectivity index (χ1) is 13.4. The molecule has 2 heterocycles. The molecule has 2 aromatic heterocycles. The third-order valence-corrected chi connectivity index (χ3v) is 5.26. The molecule has 0 radical (unpaired) electrons. The number of hydrogen-bond acceptors (Lipinski definition) is 5. The number of benzene rings is 1. The number of rotatable bonds is 7. The van der Waals surface area contributed by atoms with Crippen molar-refractivity contribution in [3.05, 3.63) is 63.9 Å². The Morgan fingerprint density at radius 2 is 2.07 bits per heavy atom. The topological polar surface area (TPSA) is 93.5 Å². The first-order valence-corrected chi connectivity index (χ1v) is 9.57. The first-order valence-electron chi connectivity index (χ1n) is 8.69. The molecule has 0 unspecified atom stereocenters. The Bertz CT molecular complexity index is 1010. The van der Waals surface area contributed by atoms with Crippen molar-refractivity contribution in [2.75, 3.05) is 13.7 Å². The molecule has 1 aromatic carbocycles. The summed E-state index contributed by atoms with van der Waals surface area (Å²) in [5.74, 6) is -0.665. The Morgan fingerprint density at radius 1 is 1.29 bits per heavy atom. The van der Waals surface area contributed by atoms with Crippen molar-refractivity contribution in [3.8, 4) is 10.9 Å². The number of carbonyl (C=O) groups excluding carboxylic acids is 1. The van der Waals surface area contributed by atoms with E-state index >= 15 is 0 Å². The Balaban J connectivity index is 1.69. The Kier molecular flexibility index (Phi) is 5.79. The van der Waals surface area contributed by atoms with E-state index in [0.29, 0.717) is 24.3 Å². The molecule has 0 atom stereocenters. The standard InChI is InChI=1S/C20H21N3O4S/c1-12-10-16(13(2)23(12)20-22-8-9-28-20)18(24)21-7-6-14-4-5-15(19(25)26)11-17(14)27-3/h4-5,8-11H,6-7H2,1-3H3,(H,21,24)(H,25,26). The van der Waals surface area contributed by atoms with Crippen molar-refractivity contribution in [1.29, 1.82) is 0 Å². The highest BCUT2D eigenvalue weighted by atomic mass is 32.1. The minimum absolute atomic E-state index is 0.156. The number of aromatic carboxylic acids is 1. The van der Waals surface area contributed by atoms with Gasteiger partial charge in [-0.05, 0) is 44.0 Å². The SMILES string of the molecule is COc1cc(C(=O)O)ccc1CCNC(=O)c1cc(C)n(-c2nccs2)c1C. The van der Waals surface area contributed by atoms with Crippen LogP contribution in [0.5, 0.6) is 5.75 Å². The molecule has 7 nitrogen and oxygen atoms in total. The van der Waals surface area contributed by atoms with Gasteiger partial charge in [-0.25, -0.2) is 9.78 Å². The van der Waals surface area contributed by atoms with Crippen LogP contribution in [0.15, 0.2) is 35.8 Å². The molecule has 1 amide bonds. The van der Waals surface area contributed by atoms with Gasteiger partial charge in [-0.1, -0.05) is 6.07 Å². The molecule has 28 heavy (non-hydrogen) atoms. The van der Waals surface area contributed by atoms with E-state index < -0.39 is 5.97 Å². The summed E-state index contributed by atoms with van der Waals surface area (Å²) in [7, 11) is 1.50. The third kappa shape index (κ3) is 3.91. The normalized spacial score (nSPS) is 10.7. The summed E-state index contributed by atoms with van der Waals surface area (Å²) in [5.41, 5.74) is 3.40. The van der Waals surface area contributed by atoms with Gasteiger partial charge in [-0.2, -0.15) is 0 Å². The smallest absolute Gasteiger partial charge is 0.335 e. The van der Waals surface area contributed by atoms with Crippen LogP contribution >= 0.6 is 11.3 Å². The van der Waals surface area contributed by atoms with Crippen LogP contribution in [-0.4, -0.2) is 40.2 Å². The lowest BCUT2D eigenvalue weighted by molar-refractivity contribution is 0.0696. The number of ether oxygens (including phenoxy) is 1. The number of thiazole rings is 1. The molecule has 8 heteroatoms. The van der Waals surface area contributed by atoms with Gasteiger partial charge in [0, 0.05) is 29.5 Å². The molecule has 0 fully saturated rings. The van der Waals surface area contributed by atoms with Gasteiger partial charge in [0.15, 0.2) is 5.13 Å². The van der Waals surface area contributed by atoms with E-state index in [2.05, 4.69) is 10.3 Å². The van der Waals surface area contributed by atoms with E-state index in [0.717, 1.165) is 22.1 Å². The number of methoxy groups -OCH3 is 1. The molecule has 2 N–H and O–H groups in total. The van der Waals surface area contributed by atoms with Crippen molar-refractivity contribution in [2.24, 2.45) is 0 Å². The number of amides is 1. The minimum atomic E-state index is -1.01. The monoisotopic (exact) mass is 399 g/mol.